The van der Waals surface area contributed by atoms with Crippen molar-refractivity contribution in [1.82, 2.24) is 18.9 Å². The average Bonchev–Trinajstić information content (AvgIpc) is 0.822. The summed E-state index contributed by atoms with van der Waals surface area (Å²) in [5.41, 5.74) is 7.06. The van der Waals surface area contributed by atoms with E-state index < -0.39 is 46.6 Å². The molecule has 4 aliphatic heterocycles. The molecule has 1 unspecified atom stereocenters. The van der Waals surface area contributed by atoms with Crippen molar-refractivity contribution in [2.24, 2.45) is 22.7 Å². The molecule has 12 rings (SSSR count). The predicted octanol–water partition coefficient (Wildman–Crippen LogP) is 14.6. The van der Waals surface area contributed by atoms with Crippen molar-refractivity contribution < 1.29 is 74.6 Å². The van der Waals surface area contributed by atoms with E-state index in [0.29, 0.717) is 80.9 Å². The minimum atomic E-state index is -2.65. The van der Waals surface area contributed by atoms with Gasteiger partial charge in [0.1, 0.15) is 22.7 Å². The second-order valence-electron chi connectivity index (χ2n) is 28.7. The monoisotopic (exact) mass is 1310 g/mol. The summed E-state index contributed by atoms with van der Waals surface area (Å²) in [5, 5.41) is 8.65. The summed E-state index contributed by atoms with van der Waals surface area (Å²) in [5.74, 6) is -3.47. The van der Waals surface area contributed by atoms with Crippen LogP contribution in [0.2, 0.25) is 0 Å². The third kappa shape index (κ3) is 15.9. The van der Waals surface area contributed by atoms with Crippen LogP contribution < -0.4 is 20.1 Å². The minimum absolute atomic E-state index is 0.0324. The largest absolute Gasteiger partial charge is 0.496 e. The Bertz CT molecular complexity index is 3720. The lowest BCUT2D eigenvalue weighted by molar-refractivity contribution is -0.186. The maximum atomic E-state index is 14.4. The molecule has 22 heteroatoms. The lowest BCUT2D eigenvalue weighted by atomic mass is 9.58. The van der Waals surface area contributed by atoms with E-state index in [2.05, 4.69) is 25.2 Å². The fraction of sp³-hybridized carbons (Fsp3) is 0.556. The molecule has 2 aliphatic carbocycles. The zero-order valence-corrected chi connectivity index (χ0v) is 56.4. The molecule has 6 aliphatic rings. The van der Waals surface area contributed by atoms with E-state index in [1.807, 2.05) is 97.9 Å². The number of aromatic nitrogens is 2. The van der Waals surface area contributed by atoms with Gasteiger partial charge >= 0.3 is 24.1 Å². The Labute approximate surface area is 548 Å². The number of alkyl halides is 4. The number of rotatable bonds is 15. The summed E-state index contributed by atoms with van der Waals surface area (Å²) in [6.45, 7) is 22.8. The van der Waals surface area contributed by atoms with Crippen molar-refractivity contribution in [3.63, 3.8) is 0 Å². The Morgan fingerprint density at radius 1 is 0.585 bits per heavy atom. The van der Waals surface area contributed by atoms with Crippen molar-refractivity contribution in [1.29, 1.82) is 0 Å². The summed E-state index contributed by atoms with van der Waals surface area (Å²) in [7, 11) is 6.01. The Morgan fingerprint density at radius 3 is 1.53 bits per heavy atom. The summed E-state index contributed by atoms with van der Waals surface area (Å²) in [4.78, 5) is 54.4. The first-order valence-electron chi connectivity index (χ1n) is 32.5. The highest BCUT2D eigenvalue weighted by molar-refractivity contribution is 5.96. The number of carbonyl (C=O) groups excluding carboxylic acids is 4. The Kier molecular flexibility index (Phi) is 20.5. The average molecular weight is 1310 g/mol. The van der Waals surface area contributed by atoms with Crippen LogP contribution in [0.25, 0.3) is 21.8 Å². The number of ether oxygens (including phenoxy) is 8. The zero-order valence-electron chi connectivity index (χ0n) is 56.4. The third-order valence-electron chi connectivity index (χ3n) is 19.0. The number of nitrogens with one attached hydrogen (secondary N) is 2. The van der Waals surface area contributed by atoms with Gasteiger partial charge in [-0.1, -0.05) is 12.1 Å². The molecule has 6 fully saturated rings. The van der Waals surface area contributed by atoms with Crippen molar-refractivity contribution in [2.45, 2.75) is 149 Å². The molecule has 2 saturated carbocycles. The summed E-state index contributed by atoms with van der Waals surface area (Å²) >= 11 is 0. The fourth-order valence-electron chi connectivity index (χ4n) is 14.2. The van der Waals surface area contributed by atoms with Crippen molar-refractivity contribution >= 4 is 57.3 Å². The SMILES string of the molecule is COC(=O)c1ccc(C2CC3(CCN2Cc2c(OC)cc(C)c4c2ccn4C(=O)OC(C)(C)C)CC(F)(F)C3)c(NCC2COC2)c1.COC(=O)c1cccc(NCC2COC2)c1.COc1cc(C)c2c(ccn2C(=O)OC(C)(C)C)c1CN1CCC2(CC1)CC(F)(F)C2. The van der Waals surface area contributed by atoms with E-state index in [0.717, 1.165) is 112 Å². The van der Waals surface area contributed by atoms with Crippen LogP contribution in [0, 0.1) is 36.5 Å². The number of nitrogens with zero attached hydrogens (tertiary/aromatic N) is 4. The molecule has 94 heavy (non-hydrogen) atoms. The quantitative estimate of drug-likeness (QED) is 0.0562. The third-order valence-corrected chi connectivity index (χ3v) is 19.0. The van der Waals surface area contributed by atoms with Crippen LogP contribution in [-0.2, 0) is 41.5 Å². The number of carbonyl (C=O) groups is 4. The Balaban J connectivity index is 0.000000175. The van der Waals surface area contributed by atoms with Crippen molar-refractivity contribution in [2.75, 3.05) is 98.2 Å². The van der Waals surface area contributed by atoms with Gasteiger partial charge in [0.05, 0.1) is 77.0 Å². The van der Waals surface area contributed by atoms with E-state index in [9.17, 15) is 36.7 Å². The molecule has 0 amide bonds. The molecule has 18 nitrogen and oxygen atoms in total. The van der Waals surface area contributed by atoms with Gasteiger partial charge in [-0.15, -0.1) is 0 Å². The standard InChI is InChI=1S/C36H45F2N3O6.C24H32F2N2O3.C12H15NO3/c1-22-13-30(44-5)27(25-9-11-41(31(22)25)33(43)47-34(2,3)4)17-40-12-10-35(20-36(37,38)21-35)15-29(40)26-8-7-24(32(42)45-6)14-28(26)39-16-23-18-46-19-23;1-16-12-19(30-5)18(13-27-10-7-23(8-11-27)14-24(25,26)15-23)17-6-9-28(20(16)17)21(29)31-22(2,3)4;1-15-12(14)10-3-2-4-11(5-10)13-6-9-7-16-8-9/h7-9,11,13-14,23,29,39H,10,12,15-21H2,1-6H3;6,9,12H,7-8,10-11,13-15H2,1-5H3;2-5,9,13H,6-8H2,1H3. The molecule has 0 radical (unpaired) electrons. The van der Waals surface area contributed by atoms with Gasteiger partial charge in [0.25, 0.3) is 0 Å². The molecule has 0 bridgehead atoms. The van der Waals surface area contributed by atoms with Crippen LogP contribution in [0.15, 0.2) is 79.1 Å². The summed E-state index contributed by atoms with van der Waals surface area (Å²) < 4.78 is 102. The smallest absolute Gasteiger partial charge is 0.419 e. The summed E-state index contributed by atoms with van der Waals surface area (Å²) in [6.07, 6.45) is 5.23. The van der Waals surface area contributed by atoms with Gasteiger partial charge in [0.2, 0.25) is 11.8 Å². The van der Waals surface area contributed by atoms with Crippen molar-refractivity contribution in [3.8, 4) is 11.5 Å². The highest BCUT2D eigenvalue weighted by atomic mass is 19.3. The van der Waals surface area contributed by atoms with Crippen LogP contribution in [0.5, 0.6) is 11.5 Å². The predicted molar refractivity (Wildman–Crippen MR) is 351 cm³/mol. The van der Waals surface area contributed by atoms with Crippen LogP contribution in [0.3, 0.4) is 0 Å². The molecule has 2 spiro atoms. The van der Waals surface area contributed by atoms with Gasteiger partial charge in [-0.2, -0.15) is 0 Å². The van der Waals surface area contributed by atoms with Crippen LogP contribution >= 0.6 is 0 Å². The number of fused-ring (bicyclic) bond motifs is 2. The first kappa shape index (κ1) is 69.4. The molecular weight excluding hydrogens is 1220 g/mol. The van der Waals surface area contributed by atoms with E-state index >= 15 is 0 Å². The van der Waals surface area contributed by atoms with E-state index in [1.54, 1.807) is 55.4 Å². The molecule has 2 N–H and O–H groups in total. The Morgan fingerprint density at radius 2 is 1.06 bits per heavy atom. The highest BCUT2D eigenvalue weighted by Gasteiger charge is 2.59. The van der Waals surface area contributed by atoms with Crippen LogP contribution in [-0.4, -0.2) is 154 Å². The lowest BCUT2D eigenvalue weighted by Crippen LogP contribution is -2.53. The molecule has 2 aromatic heterocycles. The summed E-state index contributed by atoms with van der Waals surface area (Å²) in [6, 6.07) is 20.3. The number of halogens is 4. The minimum Gasteiger partial charge on any atom is -0.496 e. The van der Waals surface area contributed by atoms with Gasteiger partial charge in [0.15, 0.2) is 0 Å². The molecule has 1 atom stereocenters. The number of hydrogen-bond donors (Lipinski definition) is 2. The second-order valence-corrected chi connectivity index (χ2v) is 28.7. The maximum absolute atomic E-state index is 14.4. The van der Waals surface area contributed by atoms with Crippen molar-refractivity contribution in [3.05, 3.63) is 118 Å². The second kappa shape index (κ2) is 27.7. The zero-order chi connectivity index (χ0) is 67.7. The van der Waals surface area contributed by atoms with Crippen LogP contribution in [0.1, 0.15) is 147 Å². The van der Waals surface area contributed by atoms with Gasteiger partial charge in [0, 0.05) is 115 Å². The number of piperidine rings is 2. The molecule has 6 aromatic rings. The lowest BCUT2D eigenvalue weighted by Gasteiger charge is -2.55. The van der Waals surface area contributed by atoms with E-state index in [4.69, 9.17) is 33.2 Å². The number of aryl methyl sites for hydroxylation is 2. The number of likely N-dealkylation sites (tertiary alicyclic amines) is 2. The molecule has 510 valence electrons. The van der Waals surface area contributed by atoms with Gasteiger partial charge in [-0.05, 0) is 183 Å². The van der Waals surface area contributed by atoms with Gasteiger partial charge in [-0.25, -0.2) is 36.7 Å². The number of methoxy groups -OCH3 is 4. The molecular formula is C72H92F4N6O12. The Hall–Kier alpha value is -7.40. The number of benzene rings is 4. The van der Waals surface area contributed by atoms with E-state index in [-0.39, 0.29) is 43.1 Å². The molecule has 4 saturated heterocycles. The molecule has 6 heterocycles. The topological polar surface area (TPSA) is 183 Å². The first-order chi connectivity index (χ1) is 44.4. The maximum Gasteiger partial charge on any atom is 0.419 e. The number of hydrogen-bond acceptors (Lipinski definition) is 16. The molecule has 4 aromatic carbocycles. The number of esters is 2. The first-order valence-corrected chi connectivity index (χ1v) is 32.5. The van der Waals surface area contributed by atoms with Crippen LogP contribution in [0.4, 0.5) is 38.5 Å². The van der Waals surface area contributed by atoms with Gasteiger partial charge < -0.3 is 48.5 Å². The van der Waals surface area contributed by atoms with E-state index in [1.165, 1.54) is 18.8 Å². The van der Waals surface area contributed by atoms with Gasteiger partial charge in [-0.3, -0.25) is 18.9 Å². The fourth-order valence-corrected chi connectivity index (χ4v) is 14.2. The highest BCUT2D eigenvalue weighted by Crippen LogP contribution is 2.61. The number of anilines is 2. The normalized spacial score (nSPS) is 19.8.